The van der Waals surface area contributed by atoms with Crippen molar-refractivity contribution in [3.05, 3.63) is 89.0 Å². The number of hydrogen-bond donors (Lipinski definition) is 2. The van der Waals surface area contributed by atoms with Crippen LogP contribution in [0.25, 0.3) is 11.1 Å². The van der Waals surface area contributed by atoms with Crippen LogP contribution in [0.5, 0.6) is 0 Å². The zero-order valence-electron chi connectivity index (χ0n) is 14.6. The minimum absolute atomic E-state index is 0.166. The van der Waals surface area contributed by atoms with Crippen molar-refractivity contribution in [2.45, 2.75) is 13.8 Å². The number of carbonyl (C=O) groups is 2. The highest BCUT2D eigenvalue weighted by Gasteiger charge is 2.18. The van der Waals surface area contributed by atoms with Crippen molar-refractivity contribution in [3.8, 4) is 11.1 Å². The monoisotopic (exact) mass is 345 g/mol. The van der Waals surface area contributed by atoms with E-state index in [1.165, 1.54) is 6.07 Å². The van der Waals surface area contributed by atoms with Gasteiger partial charge in [-0.1, -0.05) is 48.5 Å². The molecular weight excluding hydrogens is 326 g/mol. The summed E-state index contributed by atoms with van der Waals surface area (Å²) < 4.78 is 0. The summed E-state index contributed by atoms with van der Waals surface area (Å²) in [7, 11) is 0. The van der Waals surface area contributed by atoms with Crippen molar-refractivity contribution in [1.29, 1.82) is 0 Å². The minimum atomic E-state index is -1.02. The topological polar surface area (TPSA) is 66.4 Å². The van der Waals surface area contributed by atoms with Gasteiger partial charge in [-0.2, -0.15) is 0 Å². The number of carboxylic acid groups (broad SMARTS) is 1. The maximum atomic E-state index is 12.9. The van der Waals surface area contributed by atoms with Gasteiger partial charge < -0.3 is 10.4 Å². The Labute approximate surface area is 152 Å². The fraction of sp³-hybridized carbons (Fsp3) is 0.0909. The first-order valence-electron chi connectivity index (χ1n) is 8.28. The van der Waals surface area contributed by atoms with Crippen LogP contribution < -0.4 is 5.32 Å². The number of anilines is 1. The van der Waals surface area contributed by atoms with E-state index < -0.39 is 5.97 Å². The standard InChI is InChI=1S/C22H19NO3/c1-14-8-7-13-20(15(14)2)23-21(24)18-11-5-3-9-16(18)17-10-4-6-12-19(17)22(25)26/h3-13H,1-2H3,(H,23,24)(H,25,26). The zero-order valence-corrected chi connectivity index (χ0v) is 14.6. The quantitative estimate of drug-likeness (QED) is 0.705. The molecule has 26 heavy (non-hydrogen) atoms. The first-order valence-corrected chi connectivity index (χ1v) is 8.28. The van der Waals surface area contributed by atoms with Crippen LogP contribution in [-0.4, -0.2) is 17.0 Å². The Hall–Kier alpha value is -3.40. The molecule has 0 atom stereocenters. The van der Waals surface area contributed by atoms with Gasteiger partial charge in [0.25, 0.3) is 5.91 Å². The van der Waals surface area contributed by atoms with E-state index in [1.54, 1.807) is 42.5 Å². The van der Waals surface area contributed by atoms with E-state index in [1.807, 2.05) is 32.0 Å². The van der Waals surface area contributed by atoms with Crippen LogP contribution in [0.2, 0.25) is 0 Å². The van der Waals surface area contributed by atoms with Crippen LogP contribution in [0.15, 0.2) is 66.7 Å². The molecule has 3 aromatic rings. The van der Waals surface area contributed by atoms with Gasteiger partial charge in [0.1, 0.15) is 0 Å². The molecule has 3 rings (SSSR count). The Bertz CT molecular complexity index is 992. The molecule has 0 bridgehead atoms. The van der Waals surface area contributed by atoms with Crippen LogP contribution in [0.4, 0.5) is 5.69 Å². The Balaban J connectivity index is 2.04. The summed E-state index contributed by atoms with van der Waals surface area (Å²) in [4.78, 5) is 24.4. The van der Waals surface area contributed by atoms with Gasteiger partial charge >= 0.3 is 5.97 Å². The van der Waals surface area contributed by atoms with Gasteiger partial charge in [0.2, 0.25) is 0 Å². The lowest BCUT2D eigenvalue weighted by Gasteiger charge is -2.14. The van der Waals surface area contributed by atoms with Crippen molar-refractivity contribution < 1.29 is 14.7 Å². The van der Waals surface area contributed by atoms with Crippen molar-refractivity contribution in [1.82, 2.24) is 0 Å². The molecule has 0 saturated carbocycles. The maximum Gasteiger partial charge on any atom is 0.336 e. The Morgan fingerprint density at radius 2 is 1.35 bits per heavy atom. The molecule has 0 fully saturated rings. The molecule has 0 unspecified atom stereocenters. The van der Waals surface area contributed by atoms with Gasteiger partial charge in [0.05, 0.1) is 5.56 Å². The largest absolute Gasteiger partial charge is 0.478 e. The van der Waals surface area contributed by atoms with Gasteiger partial charge in [-0.05, 0) is 54.3 Å². The van der Waals surface area contributed by atoms with Crippen LogP contribution in [0.3, 0.4) is 0 Å². The number of aryl methyl sites for hydroxylation is 1. The fourth-order valence-corrected chi connectivity index (χ4v) is 2.90. The normalized spacial score (nSPS) is 10.4. The third-order valence-electron chi connectivity index (χ3n) is 4.47. The van der Waals surface area contributed by atoms with Gasteiger partial charge in [-0.25, -0.2) is 4.79 Å². The summed E-state index contributed by atoms with van der Waals surface area (Å²) in [6.07, 6.45) is 0. The molecule has 0 aromatic heterocycles. The summed E-state index contributed by atoms with van der Waals surface area (Å²) in [6, 6.07) is 19.5. The van der Waals surface area contributed by atoms with Crippen molar-refractivity contribution >= 4 is 17.6 Å². The predicted molar refractivity (Wildman–Crippen MR) is 103 cm³/mol. The van der Waals surface area contributed by atoms with Crippen LogP contribution in [0, 0.1) is 13.8 Å². The van der Waals surface area contributed by atoms with Gasteiger partial charge in [0.15, 0.2) is 0 Å². The SMILES string of the molecule is Cc1cccc(NC(=O)c2ccccc2-c2ccccc2C(=O)O)c1C. The van der Waals surface area contributed by atoms with E-state index in [-0.39, 0.29) is 11.5 Å². The van der Waals surface area contributed by atoms with E-state index >= 15 is 0 Å². The zero-order chi connectivity index (χ0) is 18.7. The number of nitrogens with one attached hydrogen (secondary N) is 1. The molecule has 0 heterocycles. The molecule has 2 N–H and O–H groups in total. The number of hydrogen-bond acceptors (Lipinski definition) is 2. The number of aromatic carboxylic acids is 1. The number of carboxylic acids is 1. The van der Waals surface area contributed by atoms with Crippen molar-refractivity contribution in [2.24, 2.45) is 0 Å². The second kappa shape index (κ2) is 7.23. The number of rotatable bonds is 4. The highest BCUT2D eigenvalue weighted by atomic mass is 16.4. The average Bonchev–Trinajstić information content (AvgIpc) is 2.65. The van der Waals surface area contributed by atoms with Gasteiger partial charge in [-0.15, -0.1) is 0 Å². The minimum Gasteiger partial charge on any atom is -0.478 e. The lowest BCUT2D eigenvalue weighted by atomic mass is 9.95. The summed E-state index contributed by atoms with van der Waals surface area (Å²) >= 11 is 0. The highest BCUT2D eigenvalue weighted by molar-refractivity contribution is 6.10. The van der Waals surface area contributed by atoms with Gasteiger partial charge in [-0.3, -0.25) is 4.79 Å². The lowest BCUT2D eigenvalue weighted by molar-refractivity contribution is 0.0697. The predicted octanol–water partition coefficient (Wildman–Crippen LogP) is 4.92. The molecule has 0 aliphatic heterocycles. The second-order valence-electron chi connectivity index (χ2n) is 6.10. The Morgan fingerprint density at radius 1 is 0.769 bits per heavy atom. The summed E-state index contributed by atoms with van der Waals surface area (Å²) in [6.45, 7) is 3.94. The van der Waals surface area contributed by atoms with E-state index in [0.717, 1.165) is 16.8 Å². The molecule has 4 heteroatoms. The molecule has 130 valence electrons. The second-order valence-corrected chi connectivity index (χ2v) is 6.10. The van der Waals surface area contributed by atoms with Crippen molar-refractivity contribution in [3.63, 3.8) is 0 Å². The first-order chi connectivity index (χ1) is 12.5. The summed E-state index contributed by atoms with van der Waals surface area (Å²) in [5.74, 6) is -1.29. The van der Waals surface area contributed by atoms with Crippen LogP contribution >= 0.6 is 0 Å². The molecule has 0 aliphatic rings. The summed E-state index contributed by atoms with van der Waals surface area (Å²) in [5, 5.41) is 12.4. The Kier molecular flexibility index (Phi) is 4.85. The third kappa shape index (κ3) is 3.35. The molecule has 0 saturated heterocycles. The van der Waals surface area contributed by atoms with Crippen molar-refractivity contribution in [2.75, 3.05) is 5.32 Å². The molecule has 0 radical (unpaired) electrons. The van der Waals surface area contributed by atoms with Crippen LogP contribution in [0.1, 0.15) is 31.8 Å². The van der Waals surface area contributed by atoms with E-state index in [9.17, 15) is 14.7 Å². The molecular formula is C22H19NO3. The summed E-state index contributed by atoms with van der Waals surface area (Å²) in [5.41, 5.74) is 4.55. The Morgan fingerprint density at radius 3 is 2.00 bits per heavy atom. The lowest BCUT2D eigenvalue weighted by Crippen LogP contribution is -2.14. The van der Waals surface area contributed by atoms with E-state index in [2.05, 4.69) is 5.32 Å². The number of amides is 1. The molecule has 4 nitrogen and oxygen atoms in total. The number of carbonyl (C=O) groups excluding carboxylic acids is 1. The number of benzene rings is 3. The smallest absolute Gasteiger partial charge is 0.336 e. The van der Waals surface area contributed by atoms with Gasteiger partial charge in [0, 0.05) is 11.3 Å². The molecule has 0 spiro atoms. The van der Waals surface area contributed by atoms with E-state index in [0.29, 0.717) is 16.7 Å². The fourth-order valence-electron chi connectivity index (χ4n) is 2.90. The highest BCUT2D eigenvalue weighted by Crippen LogP contribution is 2.28. The van der Waals surface area contributed by atoms with Crippen LogP contribution in [-0.2, 0) is 0 Å². The molecule has 1 amide bonds. The van der Waals surface area contributed by atoms with E-state index in [4.69, 9.17) is 0 Å². The first kappa shape index (κ1) is 17.4. The average molecular weight is 345 g/mol. The third-order valence-corrected chi connectivity index (χ3v) is 4.47. The molecule has 0 aliphatic carbocycles. The maximum absolute atomic E-state index is 12.9. The molecule has 3 aromatic carbocycles.